The van der Waals surface area contributed by atoms with Gasteiger partial charge in [-0.05, 0) is 74.0 Å². The van der Waals surface area contributed by atoms with E-state index in [1.165, 1.54) is 24.3 Å². The molecule has 174 valence electrons. The topological polar surface area (TPSA) is 93.7 Å². The molecule has 0 aromatic heterocycles. The molecule has 7 nitrogen and oxygen atoms in total. The predicted molar refractivity (Wildman–Crippen MR) is 130 cm³/mol. The van der Waals surface area contributed by atoms with Crippen molar-refractivity contribution in [1.29, 1.82) is 0 Å². The van der Waals surface area contributed by atoms with Crippen LogP contribution in [0.1, 0.15) is 20.3 Å². The van der Waals surface area contributed by atoms with Crippen LogP contribution in [-0.4, -0.2) is 27.0 Å². The molecule has 0 aliphatic carbocycles. The number of sulfonamides is 1. The second kappa shape index (κ2) is 11.1. The minimum atomic E-state index is -3.79. The molecule has 1 atom stereocenters. The van der Waals surface area contributed by atoms with Gasteiger partial charge in [0.15, 0.2) is 6.10 Å². The Hall–Kier alpha value is -3.23. The van der Waals surface area contributed by atoms with Gasteiger partial charge in [-0.15, -0.1) is 0 Å². The van der Waals surface area contributed by atoms with Gasteiger partial charge < -0.3 is 14.8 Å². The molecule has 0 aliphatic heterocycles. The van der Waals surface area contributed by atoms with Crippen LogP contribution in [0.15, 0.2) is 77.7 Å². The molecule has 1 unspecified atom stereocenters. The summed E-state index contributed by atoms with van der Waals surface area (Å²) in [6.45, 7) is 4.22. The summed E-state index contributed by atoms with van der Waals surface area (Å²) in [7, 11) is -3.79. The molecule has 33 heavy (non-hydrogen) atoms. The molecule has 0 saturated heterocycles. The van der Waals surface area contributed by atoms with E-state index in [1.807, 2.05) is 13.8 Å². The van der Waals surface area contributed by atoms with Crippen LogP contribution in [0, 0.1) is 0 Å². The van der Waals surface area contributed by atoms with Gasteiger partial charge in [0.05, 0.1) is 16.5 Å². The first-order chi connectivity index (χ1) is 15.8. The fourth-order valence-corrected chi connectivity index (χ4v) is 4.19. The number of para-hydroxylation sites is 1. The SMILES string of the molecule is CCOc1ccc(NS(=O)(=O)c2ccc(NC(=O)C(CC)Oc3ccccc3Cl)cc2)cc1. The molecular weight excluding hydrogens is 464 g/mol. The zero-order chi connectivity index (χ0) is 23.8. The fraction of sp³-hybridized carbons (Fsp3) is 0.208. The lowest BCUT2D eigenvalue weighted by Gasteiger charge is -2.18. The first kappa shape index (κ1) is 24.4. The lowest BCUT2D eigenvalue weighted by Crippen LogP contribution is -2.32. The van der Waals surface area contributed by atoms with Crippen LogP contribution < -0.4 is 19.5 Å². The highest BCUT2D eigenvalue weighted by molar-refractivity contribution is 7.92. The Balaban J connectivity index is 1.64. The number of halogens is 1. The highest BCUT2D eigenvalue weighted by Crippen LogP contribution is 2.25. The summed E-state index contributed by atoms with van der Waals surface area (Å²) in [6.07, 6.45) is -0.329. The summed E-state index contributed by atoms with van der Waals surface area (Å²) in [6, 6.07) is 19.4. The Kier molecular flexibility index (Phi) is 8.19. The molecule has 0 aliphatic rings. The number of ether oxygens (including phenoxy) is 2. The first-order valence-corrected chi connectivity index (χ1v) is 12.3. The second-order valence-corrected chi connectivity index (χ2v) is 9.11. The van der Waals surface area contributed by atoms with E-state index in [-0.39, 0.29) is 10.8 Å². The predicted octanol–water partition coefficient (Wildman–Crippen LogP) is 5.34. The van der Waals surface area contributed by atoms with Crippen molar-refractivity contribution in [2.45, 2.75) is 31.3 Å². The monoisotopic (exact) mass is 488 g/mol. The zero-order valence-corrected chi connectivity index (χ0v) is 19.8. The maximum absolute atomic E-state index is 12.7. The molecular formula is C24H25ClN2O5S. The van der Waals surface area contributed by atoms with Crippen LogP contribution in [0.5, 0.6) is 11.5 Å². The van der Waals surface area contributed by atoms with Crippen molar-refractivity contribution in [3.05, 3.63) is 77.8 Å². The Morgan fingerprint density at radius 3 is 2.18 bits per heavy atom. The largest absolute Gasteiger partial charge is 0.494 e. The highest BCUT2D eigenvalue weighted by atomic mass is 35.5. The molecule has 0 heterocycles. The fourth-order valence-electron chi connectivity index (χ4n) is 2.96. The Bertz CT molecular complexity index is 1180. The van der Waals surface area contributed by atoms with E-state index in [4.69, 9.17) is 21.1 Å². The number of carbonyl (C=O) groups excluding carboxylic acids is 1. The summed E-state index contributed by atoms with van der Waals surface area (Å²) in [5.41, 5.74) is 0.861. The molecule has 3 aromatic carbocycles. The van der Waals surface area contributed by atoms with Gasteiger partial charge in [0.25, 0.3) is 15.9 Å². The lowest BCUT2D eigenvalue weighted by molar-refractivity contribution is -0.122. The molecule has 9 heteroatoms. The van der Waals surface area contributed by atoms with E-state index in [0.29, 0.717) is 40.9 Å². The van der Waals surface area contributed by atoms with Crippen molar-refractivity contribution in [3.8, 4) is 11.5 Å². The highest BCUT2D eigenvalue weighted by Gasteiger charge is 2.20. The van der Waals surface area contributed by atoms with Crippen LogP contribution in [-0.2, 0) is 14.8 Å². The molecule has 1 amide bonds. The van der Waals surface area contributed by atoms with E-state index >= 15 is 0 Å². The van der Waals surface area contributed by atoms with E-state index in [1.54, 1.807) is 48.5 Å². The standard InChI is InChI=1S/C24H25ClN2O5S/c1-3-22(32-23-8-6-5-7-21(23)25)24(28)26-17-11-15-20(16-12-17)33(29,30)27-18-9-13-19(14-10-18)31-4-2/h5-16,22,27H,3-4H2,1-2H3,(H,26,28). The molecule has 0 radical (unpaired) electrons. The zero-order valence-electron chi connectivity index (χ0n) is 18.2. The molecule has 0 saturated carbocycles. The Morgan fingerprint density at radius 2 is 1.58 bits per heavy atom. The van der Waals surface area contributed by atoms with Crippen LogP contribution in [0.2, 0.25) is 5.02 Å². The minimum Gasteiger partial charge on any atom is -0.494 e. The Labute approximate surface area is 198 Å². The van der Waals surface area contributed by atoms with Crippen molar-refractivity contribution in [2.24, 2.45) is 0 Å². The van der Waals surface area contributed by atoms with Crippen LogP contribution in [0.25, 0.3) is 0 Å². The summed E-state index contributed by atoms with van der Waals surface area (Å²) < 4.78 is 39.0. The number of amides is 1. The molecule has 3 rings (SSSR count). The van der Waals surface area contributed by atoms with Crippen molar-refractivity contribution in [1.82, 2.24) is 0 Å². The number of carbonyl (C=O) groups is 1. The molecule has 2 N–H and O–H groups in total. The number of anilines is 2. The van der Waals surface area contributed by atoms with Gasteiger partial charge in [0, 0.05) is 11.4 Å². The molecule has 0 bridgehead atoms. The van der Waals surface area contributed by atoms with Gasteiger partial charge in [-0.2, -0.15) is 0 Å². The third-order valence-electron chi connectivity index (χ3n) is 4.62. The van der Waals surface area contributed by atoms with Gasteiger partial charge in [-0.1, -0.05) is 30.7 Å². The number of hydrogen-bond acceptors (Lipinski definition) is 5. The van der Waals surface area contributed by atoms with E-state index in [9.17, 15) is 13.2 Å². The third-order valence-corrected chi connectivity index (χ3v) is 6.33. The third kappa shape index (κ3) is 6.63. The average molecular weight is 489 g/mol. The normalized spacial score (nSPS) is 12.0. The number of benzene rings is 3. The smallest absolute Gasteiger partial charge is 0.265 e. The van der Waals surface area contributed by atoms with E-state index in [2.05, 4.69) is 10.0 Å². The molecule has 0 fully saturated rings. The van der Waals surface area contributed by atoms with E-state index < -0.39 is 16.1 Å². The van der Waals surface area contributed by atoms with Crippen molar-refractivity contribution >= 4 is 38.9 Å². The maximum atomic E-state index is 12.7. The summed E-state index contributed by atoms with van der Waals surface area (Å²) in [5.74, 6) is 0.716. The van der Waals surface area contributed by atoms with Crippen molar-refractivity contribution in [2.75, 3.05) is 16.6 Å². The van der Waals surface area contributed by atoms with Crippen molar-refractivity contribution in [3.63, 3.8) is 0 Å². The van der Waals surface area contributed by atoms with Crippen molar-refractivity contribution < 1.29 is 22.7 Å². The molecule has 3 aromatic rings. The average Bonchev–Trinajstić information content (AvgIpc) is 2.80. The maximum Gasteiger partial charge on any atom is 0.265 e. The van der Waals surface area contributed by atoms with Gasteiger partial charge in [0.1, 0.15) is 11.5 Å². The van der Waals surface area contributed by atoms with Gasteiger partial charge >= 0.3 is 0 Å². The first-order valence-electron chi connectivity index (χ1n) is 10.4. The Morgan fingerprint density at radius 1 is 0.939 bits per heavy atom. The van der Waals surface area contributed by atoms with Gasteiger partial charge in [0.2, 0.25) is 0 Å². The molecule has 0 spiro atoms. The summed E-state index contributed by atoms with van der Waals surface area (Å²) in [4.78, 5) is 12.7. The number of nitrogens with one attached hydrogen (secondary N) is 2. The minimum absolute atomic E-state index is 0.0637. The van der Waals surface area contributed by atoms with Gasteiger partial charge in [-0.3, -0.25) is 9.52 Å². The number of hydrogen-bond donors (Lipinski definition) is 2. The summed E-state index contributed by atoms with van der Waals surface area (Å²) >= 11 is 6.10. The van der Waals surface area contributed by atoms with Gasteiger partial charge in [-0.25, -0.2) is 8.42 Å². The number of rotatable bonds is 10. The lowest BCUT2D eigenvalue weighted by atomic mass is 10.2. The van der Waals surface area contributed by atoms with Crippen LogP contribution in [0.3, 0.4) is 0 Å². The summed E-state index contributed by atoms with van der Waals surface area (Å²) in [5, 5.41) is 3.16. The quantitative estimate of drug-likeness (QED) is 0.402. The van der Waals surface area contributed by atoms with Crippen LogP contribution >= 0.6 is 11.6 Å². The van der Waals surface area contributed by atoms with E-state index in [0.717, 1.165) is 0 Å². The van der Waals surface area contributed by atoms with Crippen LogP contribution in [0.4, 0.5) is 11.4 Å². The second-order valence-electron chi connectivity index (χ2n) is 7.02.